The highest BCUT2D eigenvalue weighted by Crippen LogP contribution is 2.29. The van der Waals surface area contributed by atoms with Crippen molar-refractivity contribution in [3.63, 3.8) is 0 Å². The molecule has 0 saturated carbocycles. The number of Topliss-reactive ketones (excluding diaryl/α,β-unsaturated/α-hetero) is 1. The Hall–Kier alpha value is -4.05. The fourth-order valence-electron chi connectivity index (χ4n) is 3.47. The van der Waals surface area contributed by atoms with Crippen LogP contribution in [0, 0.1) is 0 Å². The normalized spacial score (nSPS) is 10.9. The number of hydrogen-bond donors (Lipinski definition) is 2. The van der Waals surface area contributed by atoms with Crippen molar-refractivity contribution in [1.82, 2.24) is 24.7 Å². The van der Waals surface area contributed by atoms with Crippen molar-refractivity contribution in [2.45, 2.75) is 25.0 Å². The van der Waals surface area contributed by atoms with E-state index in [9.17, 15) is 14.4 Å². The molecule has 9 nitrogen and oxygen atoms in total. The second-order valence-electron chi connectivity index (χ2n) is 7.41. The van der Waals surface area contributed by atoms with E-state index in [2.05, 4.69) is 20.2 Å². The number of aromatic nitrogens is 5. The lowest BCUT2D eigenvalue weighted by atomic mass is 10.0. The number of H-pyrrole nitrogens is 1. The molecule has 4 rings (SSSR count). The van der Waals surface area contributed by atoms with Gasteiger partial charge in [-0.15, -0.1) is 10.2 Å². The van der Waals surface area contributed by atoms with E-state index >= 15 is 0 Å². The maximum absolute atomic E-state index is 12.9. The highest BCUT2D eigenvalue weighted by molar-refractivity contribution is 7.99. The third-order valence-electron chi connectivity index (χ3n) is 5.06. The van der Waals surface area contributed by atoms with Gasteiger partial charge in [0.25, 0.3) is 5.56 Å². The number of nitrogens with one attached hydrogen (secondary N) is 1. The molecule has 0 atom stereocenters. The van der Waals surface area contributed by atoms with E-state index in [0.29, 0.717) is 24.4 Å². The second-order valence-corrected chi connectivity index (χ2v) is 8.35. The van der Waals surface area contributed by atoms with E-state index in [-0.39, 0.29) is 22.3 Å². The average molecular weight is 475 g/mol. The van der Waals surface area contributed by atoms with E-state index in [1.807, 2.05) is 67.6 Å². The highest BCUT2D eigenvalue weighted by atomic mass is 32.2. The van der Waals surface area contributed by atoms with Gasteiger partial charge in [0.1, 0.15) is 22.8 Å². The van der Waals surface area contributed by atoms with Gasteiger partial charge < -0.3 is 5.73 Å². The molecule has 10 heteroatoms. The number of anilines is 1. The fraction of sp³-hybridized carbons (Fsp3) is 0.167. The minimum absolute atomic E-state index is 0.135. The van der Waals surface area contributed by atoms with Gasteiger partial charge in [-0.05, 0) is 6.42 Å². The van der Waals surface area contributed by atoms with Crippen LogP contribution >= 0.6 is 11.8 Å². The summed E-state index contributed by atoms with van der Waals surface area (Å²) in [5.74, 6) is -0.798. The maximum Gasteiger partial charge on any atom is 0.329 e. The molecule has 0 bridgehead atoms. The zero-order chi connectivity index (χ0) is 24.1. The van der Waals surface area contributed by atoms with Crippen LogP contribution in [-0.2, 0) is 6.54 Å². The van der Waals surface area contributed by atoms with Gasteiger partial charge in [0, 0.05) is 17.7 Å². The van der Waals surface area contributed by atoms with Crippen molar-refractivity contribution in [3.8, 4) is 22.5 Å². The van der Waals surface area contributed by atoms with Gasteiger partial charge in [0.15, 0.2) is 5.78 Å². The summed E-state index contributed by atoms with van der Waals surface area (Å²) < 4.78 is 1.19. The largest absolute Gasteiger partial charge is 0.384 e. The summed E-state index contributed by atoms with van der Waals surface area (Å²) in [6.45, 7) is 2.16. The number of rotatable bonds is 8. The Balaban J connectivity index is 1.65. The molecule has 0 radical (unpaired) electrons. The molecule has 0 amide bonds. The lowest BCUT2D eigenvalue weighted by Crippen LogP contribution is -2.36. The first-order chi connectivity index (χ1) is 16.5. The van der Waals surface area contributed by atoms with Crippen molar-refractivity contribution in [3.05, 3.63) is 87.1 Å². The van der Waals surface area contributed by atoms with Gasteiger partial charge in [-0.2, -0.15) is 0 Å². The molecular formula is C24H22N6O3S. The van der Waals surface area contributed by atoms with Crippen LogP contribution in [0.4, 0.5) is 5.82 Å². The van der Waals surface area contributed by atoms with Crippen LogP contribution in [0.5, 0.6) is 0 Å². The Morgan fingerprint density at radius 3 is 2.21 bits per heavy atom. The Labute approximate surface area is 199 Å². The zero-order valence-electron chi connectivity index (χ0n) is 18.4. The first kappa shape index (κ1) is 23.1. The molecule has 4 aromatic rings. The lowest BCUT2D eigenvalue weighted by Gasteiger charge is -2.11. The molecular weight excluding hydrogens is 452 g/mol. The Morgan fingerprint density at radius 1 is 0.971 bits per heavy atom. The van der Waals surface area contributed by atoms with Crippen LogP contribution in [0.25, 0.3) is 22.5 Å². The van der Waals surface area contributed by atoms with Crippen molar-refractivity contribution >= 4 is 23.4 Å². The van der Waals surface area contributed by atoms with Crippen molar-refractivity contribution in [1.29, 1.82) is 0 Å². The van der Waals surface area contributed by atoms with Gasteiger partial charge in [0.2, 0.25) is 5.16 Å². The van der Waals surface area contributed by atoms with Crippen LogP contribution in [-0.4, -0.2) is 36.3 Å². The summed E-state index contributed by atoms with van der Waals surface area (Å²) in [6.07, 6.45) is 0.619. The van der Waals surface area contributed by atoms with Gasteiger partial charge >= 0.3 is 5.69 Å². The molecule has 0 fully saturated rings. The minimum Gasteiger partial charge on any atom is -0.384 e. The molecule has 34 heavy (non-hydrogen) atoms. The van der Waals surface area contributed by atoms with Crippen molar-refractivity contribution < 1.29 is 4.79 Å². The molecule has 0 saturated heterocycles. The maximum atomic E-state index is 12.9. The summed E-state index contributed by atoms with van der Waals surface area (Å²) in [5, 5.41) is 8.85. The molecule has 0 aliphatic heterocycles. The summed E-state index contributed by atoms with van der Waals surface area (Å²) in [4.78, 5) is 44.0. The first-order valence-electron chi connectivity index (χ1n) is 10.6. The predicted molar refractivity (Wildman–Crippen MR) is 132 cm³/mol. The van der Waals surface area contributed by atoms with Crippen LogP contribution in [0.1, 0.15) is 23.7 Å². The van der Waals surface area contributed by atoms with Gasteiger partial charge in [-0.3, -0.25) is 19.1 Å². The number of benzene rings is 2. The number of carbonyl (C=O) groups excluding carboxylic acids is 1. The van der Waals surface area contributed by atoms with Gasteiger partial charge in [0.05, 0.1) is 5.75 Å². The van der Waals surface area contributed by atoms with E-state index in [1.54, 1.807) is 0 Å². The summed E-state index contributed by atoms with van der Waals surface area (Å²) in [5.41, 5.74) is 7.30. The average Bonchev–Trinajstić information content (AvgIpc) is 2.86. The van der Waals surface area contributed by atoms with Crippen LogP contribution < -0.4 is 17.0 Å². The van der Waals surface area contributed by atoms with Crippen molar-refractivity contribution in [2.75, 3.05) is 11.5 Å². The number of thioether (sulfide) groups is 1. The van der Waals surface area contributed by atoms with Crippen LogP contribution in [0.2, 0.25) is 0 Å². The topological polar surface area (TPSA) is 137 Å². The third-order valence-corrected chi connectivity index (χ3v) is 5.90. The zero-order valence-corrected chi connectivity index (χ0v) is 19.2. The highest BCUT2D eigenvalue weighted by Gasteiger charge is 2.20. The lowest BCUT2D eigenvalue weighted by molar-refractivity contribution is 0.102. The van der Waals surface area contributed by atoms with Crippen molar-refractivity contribution in [2.24, 2.45) is 0 Å². The summed E-state index contributed by atoms with van der Waals surface area (Å²) >= 11 is 1.05. The number of aromatic amines is 1. The van der Waals surface area contributed by atoms with E-state index < -0.39 is 17.0 Å². The van der Waals surface area contributed by atoms with Crippen LogP contribution in [0.3, 0.4) is 0 Å². The molecule has 3 N–H and O–H groups in total. The number of hydrogen-bond acceptors (Lipinski definition) is 8. The molecule has 0 aliphatic carbocycles. The number of carbonyl (C=O) groups is 1. The smallest absolute Gasteiger partial charge is 0.329 e. The number of nitrogen functional groups attached to an aromatic ring is 1. The van der Waals surface area contributed by atoms with Gasteiger partial charge in [-0.1, -0.05) is 79.3 Å². The molecule has 2 aromatic heterocycles. The monoisotopic (exact) mass is 474 g/mol. The quantitative estimate of drug-likeness (QED) is 0.294. The fourth-order valence-corrected chi connectivity index (χ4v) is 4.12. The SMILES string of the molecule is CCCn1c(N)c(C(=O)CSc2nnc(-c3ccccc3)c(-c3ccccc3)n2)c(=O)[nH]c1=O. The molecule has 0 spiro atoms. The van der Waals surface area contributed by atoms with E-state index in [0.717, 1.165) is 22.9 Å². The minimum atomic E-state index is -0.802. The molecule has 0 aliphatic rings. The van der Waals surface area contributed by atoms with Gasteiger partial charge in [-0.25, -0.2) is 9.78 Å². The number of ketones is 1. The van der Waals surface area contributed by atoms with E-state index in [4.69, 9.17) is 5.73 Å². The Morgan fingerprint density at radius 2 is 1.59 bits per heavy atom. The third kappa shape index (κ3) is 4.81. The first-order valence-corrected chi connectivity index (χ1v) is 11.6. The van der Waals surface area contributed by atoms with E-state index in [1.165, 1.54) is 4.57 Å². The molecule has 2 aromatic carbocycles. The summed E-state index contributed by atoms with van der Waals surface area (Å²) in [6, 6.07) is 19.2. The summed E-state index contributed by atoms with van der Waals surface area (Å²) in [7, 11) is 0. The Kier molecular flexibility index (Phi) is 6.98. The number of nitrogens with zero attached hydrogens (tertiary/aromatic N) is 4. The second kappa shape index (κ2) is 10.3. The van der Waals surface area contributed by atoms with Crippen LogP contribution in [0.15, 0.2) is 75.4 Å². The predicted octanol–water partition coefficient (Wildman–Crippen LogP) is 3.02. The standard InChI is InChI=1S/C24H22N6O3S/c1-2-13-30-21(25)18(22(32)27-24(30)33)17(31)14-34-23-26-19(15-9-5-3-6-10-15)20(28-29-23)16-11-7-4-8-12-16/h3-12H,2,13-14,25H2,1H3,(H,27,32,33). The molecule has 0 unspecified atom stereocenters. The number of nitrogens with two attached hydrogens (primary N) is 1. The molecule has 172 valence electrons. The Bertz CT molecular complexity index is 1440. The molecule has 2 heterocycles.